The van der Waals surface area contributed by atoms with Crippen molar-refractivity contribution in [2.24, 2.45) is 5.73 Å². The van der Waals surface area contributed by atoms with E-state index in [1.165, 1.54) is 36.4 Å². The molecule has 184 valence electrons. The standard InChI is InChI=1S/C22H24N6O7/c23-16(24)11-25-22(35)26-14-8-6-13(7-9-14)19(31)27-15(10-17(29)30)20(32)28-18(21(33)34)12-4-2-1-3-5-12/h1-9,15,18H,10-11H2,(H3,23,24)(H,27,31)(H,28,32)(H,29,30)(H,33,34)(H2,25,26,35)/t15-,18-/m0/s1. The first-order valence-electron chi connectivity index (χ1n) is 10.2. The molecular weight excluding hydrogens is 460 g/mol. The third kappa shape index (κ3) is 8.49. The second-order valence-electron chi connectivity index (χ2n) is 7.22. The number of carboxylic acids is 2. The maximum atomic E-state index is 12.7. The number of amides is 4. The molecule has 13 nitrogen and oxygen atoms in total. The highest BCUT2D eigenvalue weighted by Gasteiger charge is 2.29. The first-order chi connectivity index (χ1) is 16.6. The van der Waals surface area contributed by atoms with Crippen LogP contribution in [0.4, 0.5) is 10.5 Å². The molecule has 0 aromatic heterocycles. The zero-order valence-electron chi connectivity index (χ0n) is 18.3. The quantitative estimate of drug-likeness (QED) is 0.163. The maximum absolute atomic E-state index is 12.7. The van der Waals surface area contributed by atoms with Gasteiger partial charge in [-0.3, -0.25) is 19.8 Å². The van der Waals surface area contributed by atoms with E-state index in [0.29, 0.717) is 5.69 Å². The van der Waals surface area contributed by atoms with Crippen molar-refractivity contribution >= 4 is 41.3 Å². The summed E-state index contributed by atoms with van der Waals surface area (Å²) in [6.45, 7) is -0.146. The van der Waals surface area contributed by atoms with Gasteiger partial charge in [0.25, 0.3) is 5.91 Å². The third-order valence-corrected chi connectivity index (χ3v) is 4.51. The Morgan fingerprint density at radius 1 is 0.914 bits per heavy atom. The zero-order chi connectivity index (χ0) is 26.0. The summed E-state index contributed by atoms with van der Waals surface area (Å²) in [6, 6.07) is 9.62. The number of urea groups is 1. The van der Waals surface area contributed by atoms with Crippen LogP contribution in [0.1, 0.15) is 28.4 Å². The summed E-state index contributed by atoms with van der Waals surface area (Å²) in [5, 5.41) is 35.1. The highest BCUT2D eigenvalue weighted by molar-refractivity contribution is 6.00. The molecule has 0 unspecified atom stereocenters. The lowest BCUT2D eigenvalue weighted by Gasteiger charge is -2.21. The molecule has 0 aliphatic carbocycles. The van der Waals surface area contributed by atoms with Crippen molar-refractivity contribution in [2.75, 3.05) is 11.9 Å². The van der Waals surface area contributed by atoms with Gasteiger partial charge in [0.05, 0.1) is 13.0 Å². The summed E-state index contributed by atoms with van der Waals surface area (Å²) < 4.78 is 0. The van der Waals surface area contributed by atoms with E-state index in [0.717, 1.165) is 0 Å². The van der Waals surface area contributed by atoms with Gasteiger partial charge in [0.15, 0.2) is 6.04 Å². The highest BCUT2D eigenvalue weighted by Crippen LogP contribution is 2.14. The van der Waals surface area contributed by atoms with E-state index in [-0.39, 0.29) is 23.5 Å². The molecule has 2 aromatic carbocycles. The molecule has 0 aliphatic heterocycles. The van der Waals surface area contributed by atoms with Crippen molar-refractivity contribution in [2.45, 2.75) is 18.5 Å². The molecule has 2 atom stereocenters. The van der Waals surface area contributed by atoms with Gasteiger partial charge in [0.1, 0.15) is 11.9 Å². The largest absolute Gasteiger partial charge is 0.481 e. The number of hydrogen-bond donors (Lipinski definition) is 8. The zero-order valence-corrected chi connectivity index (χ0v) is 18.3. The number of aliphatic carboxylic acids is 2. The summed E-state index contributed by atoms with van der Waals surface area (Å²) in [5.41, 5.74) is 5.79. The van der Waals surface area contributed by atoms with Gasteiger partial charge >= 0.3 is 18.0 Å². The first-order valence-corrected chi connectivity index (χ1v) is 10.2. The monoisotopic (exact) mass is 484 g/mol. The van der Waals surface area contributed by atoms with Gasteiger partial charge < -0.3 is 37.2 Å². The molecule has 0 spiro atoms. The maximum Gasteiger partial charge on any atom is 0.330 e. The van der Waals surface area contributed by atoms with E-state index >= 15 is 0 Å². The SMILES string of the molecule is N=C(N)CNC(=O)Nc1ccc(C(=O)N[C@@H](CC(=O)O)C(=O)N[C@H](C(=O)O)c2ccccc2)cc1. The number of carboxylic acid groups (broad SMARTS) is 2. The Balaban J connectivity index is 2.08. The lowest BCUT2D eigenvalue weighted by Crippen LogP contribution is -2.49. The van der Waals surface area contributed by atoms with Gasteiger partial charge in [0.2, 0.25) is 5.91 Å². The van der Waals surface area contributed by atoms with Gasteiger partial charge in [0, 0.05) is 11.3 Å². The molecule has 0 saturated heterocycles. The van der Waals surface area contributed by atoms with E-state index in [1.54, 1.807) is 18.2 Å². The molecule has 0 radical (unpaired) electrons. The number of carbonyl (C=O) groups excluding carboxylic acids is 3. The molecule has 35 heavy (non-hydrogen) atoms. The Kier molecular flexibility index (Phi) is 9.28. The minimum Gasteiger partial charge on any atom is -0.481 e. The molecule has 0 fully saturated rings. The number of anilines is 1. The number of hydrogen-bond acceptors (Lipinski definition) is 6. The van der Waals surface area contributed by atoms with Crippen LogP contribution in [-0.4, -0.2) is 58.4 Å². The summed E-state index contributed by atoms with van der Waals surface area (Å²) in [6.07, 6.45) is -0.783. The van der Waals surface area contributed by atoms with Gasteiger partial charge in [-0.2, -0.15) is 0 Å². The van der Waals surface area contributed by atoms with E-state index in [4.69, 9.17) is 16.2 Å². The van der Waals surface area contributed by atoms with Crippen molar-refractivity contribution in [3.8, 4) is 0 Å². The molecule has 0 bridgehead atoms. The minimum absolute atomic E-state index is 0.0562. The van der Waals surface area contributed by atoms with Crippen LogP contribution in [0.3, 0.4) is 0 Å². The Bertz CT molecular complexity index is 1110. The Morgan fingerprint density at radius 3 is 2.09 bits per heavy atom. The first kappa shape index (κ1) is 26.3. The highest BCUT2D eigenvalue weighted by atomic mass is 16.4. The molecule has 13 heteroatoms. The van der Waals surface area contributed by atoms with Crippen molar-refractivity contribution in [1.82, 2.24) is 16.0 Å². The topological polar surface area (TPSA) is 224 Å². The van der Waals surface area contributed by atoms with Crippen molar-refractivity contribution < 1.29 is 34.2 Å². The van der Waals surface area contributed by atoms with Crippen molar-refractivity contribution in [3.63, 3.8) is 0 Å². The number of benzene rings is 2. The van der Waals surface area contributed by atoms with Gasteiger partial charge in [-0.05, 0) is 29.8 Å². The second kappa shape index (κ2) is 12.3. The molecule has 2 aromatic rings. The number of carbonyl (C=O) groups is 5. The minimum atomic E-state index is -1.55. The second-order valence-corrected chi connectivity index (χ2v) is 7.22. The lowest BCUT2D eigenvalue weighted by molar-refractivity contribution is -0.143. The predicted octanol–water partition coefficient (Wildman–Crippen LogP) is 0.259. The van der Waals surface area contributed by atoms with Crippen LogP contribution in [0.5, 0.6) is 0 Å². The van der Waals surface area contributed by atoms with Crippen molar-refractivity contribution in [1.29, 1.82) is 5.41 Å². The fourth-order valence-electron chi connectivity index (χ4n) is 2.86. The summed E-state index contributed by atoms with van der Waals surface area (Å²) in [7, 11) is 0. The van der Waals surface area contributed by atoms with Crippen LogP contribution in [0.25, 0.3) is 0 Å². The number of nitrogens with one attached hydrogen (secondary N) is 5. The number of amidine groups is 1. The summed E-state index contributed by atoms with van der Waals surface area (Å²) in [5.74, 6) is -4.75. The molecule has 0 heterocycles. The molecule has 9 N–H and O–H groups in total. The van der Waals surface area contributed by atoms with Gasteiger partial charge in [-0.25, -0.2) is 9.59 Å². The lowest BCUT2D eigenvalue weighted by atomic mass is 10.1. The molecule has 0 saturated carbocycles. The Hall–Kier alpha value is -4.94. The average molecular weight is 484 g/mol. The third-order valence-electron chi connectivity index (χ3n) is 4.51. The number of nitrogens with two attached hydrogens (primary N) is 1. The van der Waals surface area contributed by atoms with Crippen LogP contribution < -0.4 is 27.0 Å². The Labute approximate surface area is 199 Å². The van der Waals surface area contributed by atoms with Gasteiger partial charge in [-0.1, -0.05) is 30.3 Å². The van der Waals surface area contributed by atoms with Crippen LogP contribution in [0, 0.1) is 5.41 Å². The van der Waals surface area contributed by atoms with Crippen LogP contribution in [0.15, 0.2) is 54.6 Å². The molecule has 4 amide bonds. The average Bonchev–Trinajstić information content (AvgIpc) is 2.81. The van der Waals surface area contributed by atoms with E-state index in [9.17, 15) is 29.1 Å². The smallest absolute Gasteiger partial charge is 0.330 e. The Morgan fingerprint density at radius 2 is 1.54 bits per heavy atom. The molecule has 2 rings (SSSR count). The van der Waals surface area contributed by atoms with Crippen LogP contribution in [0.2, 0.25) is 0 Å². The molecule has 0 aliphatic rings. The fraction of sp³-hybridized carbons (Fsp3) is 0.182. The van der Waals surface area contributed by atoms with Crippen molar-refractivity contribution in [3.05, 3.63) is 65.7 Å². The fourth-order valence-corrected chi connectivity index (χ4v) is 2.86. The van der Waals surface area contributed by atoms with Crippen LogP contribution >= 0.6 is 0 Å². The number of rotatable bonds is 11. The summed E-state index contributed by atoms with van der Waals surface area (Å²) >= 11 is 0. The predicted molar refractivity (Wildman–Crippen MR) is 124 cm³/mol. The van der Waals surface area contributed by atoms with Gasteiger partial charge in [-0.15, -0.1) is 0 Å². The normalized spacial score (nSPS) is 11.9. The molecular formula is C22H24N6O7. The van der Waals surface area contributed by atoms with E-state index in [2.05, 4.69) is 21.3 Å². The van der Waals surface area contributed by atoms with Crippen LogP contribution in [-0.2, 0) is 14.4 Å². The van der Waals surface area contributed by atoms with E-state index in [1.807, 2.05) is 0 Å². The summed E-state index contributed by atoms with van der Waals surface area (Å²) in [4.78, 5) is 59.9. The van der Waals surface area contributed by atoms with E-state index < -0.39 is 48.3 Å².